The van der Waals surface area contributed by atoms with E-state index in [1.807, 2.05) is 13.0 Å². The average Bonchev–Trinajstić information content (AvgIpc) is 2.44. The molecule has 0 saturated heterocycles. The summed E-state index contributed by atoms with van der Waals surface area (Å²) >= 11 is 6.01. The molecule has 0 fully saturated rings. The topological polar surface area (TPSA) is 50.4 Å². The van der Waals surface area contributed by atoms with Crippen LogP contribution in [0.15, 0.2) is 42.5 Å². The summed E-state index contributed by atoms with van der Waals surface area (Å²) in [5.74, 6) is 0.737. The van der Waals surface area contributed by atoms with E-state index in [1.165, 1.54) is 0 Å². The molecule has 2 N–H and O–H groups in total. The molecular formula is C15H15ClN2O2. The molecule has 20 heavy (non-hydrogen) atoms. The molecule has 0 unspecified atom stereocenters. The van der Waals surface area contributed by atoms with Gasteiger partial charge in [-0.1, -0.05) is 17.7 Å². The Balaban J connectivity index is 1.99. The zero-order valence-electron chi connectivity index (χ0n) is 11.2. The Morgan fingerprint density at radius 1 is 1.05 bits per heavy atom. The molecule has 0 heterocycles. The van der Waals surface area contributed by atoms with Gasteiger partial charge in [0, 0.05) is 16.4 Å². The van der Waals surface area contributed by atoms with Crippen molar-refractivity contribution in [2.24, 2.45) is 0 Å². The van der Waals surface area contributed by atoms with E-state index in [1.54, 1.807) is 43.5 Å². The first-order valence-electron chi connectivity index (χ1n) is 6.06. The van der Waals surface area contributed by atoms with Gasteiger partial charge in [0.2, 0.25) is 0 Å². The van der Waals surface area contributed by atoms with Crippen LogP contribution in [0.1, 0.15) is 5.56 Å². The van der Waals surface area contributed by atoms with Crippen molar-refractivity contribution >= 4 is 29.0 Å². The molecule has 104 valence electrons. The Morgan fingerprint density at radius 3 is 2.25 bits per heavy atom. The number of methoxy groups -OCH3 is 1. The molecule has 0 aromatic heterocycles. The van der Waals surface area contributed by atoms with Gasteiger partial charge < -0.3 is 15.4 Å². The second-order valence-corrected chi connectivity index (χ2v) is 4.68. The third-order valence-corrected chi connectivity index (χ3v) is 3.18. The molecule has 2 aromatic rings. The van der Waals surface area contributed by atoms with Gasteiger partial charge in [0.15, 0.2) is 0 Å². The first-order chi connectivity index (χ1) is 9.58. The molecule has 2 aromatic carbocycles. The fraction of sp³-hybridized carbons (Fsp3) is 0.133. The van der Waals surface area contributed by atoms with Crippen LogP contribution < -0.4 is 15.4 Å². The van der Waals surface area contributed by atoms with Crippen LogP contribution in [0.5, 0.6) is 5.75 Å². The van der Waals surface area contributed by atoms with Crippen LogP contribution in [-0.4, -0.2) is 13.1 Å². The monoisotopic (exact) mass is 290 g/mol. The van der Waals surface area contributed by atoms with Gasteiger partial charge >= 0.3 is 6.03 Å². The van der Waals surface area contributed by atoms with Crippen LogP contribution in [0.3, 0.4) is 0 Å². The molecule has 2 amide bonds. The Bertz CT molecular complexity index is 612. The van der Waals surface area contributed by atoms with Crippen LogP contribution in [0.2, 0.25) is 5.02 Å². The number of urea groups is 1. The van der Waals surface area contributed by atoms with Crippen LogP contribution in [0.4, 0.5) is 16.2 Å². The Morgan fingerprint density at radius 2 is 1.65 bits per heavy atom. The third-order valence-electron chi connectivity index (χ3n) is 2.78. The van der Waals surface area contributed by atoms with Gasteiger partial charge in [-0.2, -0.15) is 0 Å². The smallest absolute Gasteiger partial charge is 0.323 e. The highest BCUT2D eigenvalue weighted by atomic mass is 35.5. The second kappa shape index (κ2) is 6.30. The molecular weight excluding hydrogens is 276 g/mol. The van der Waals surface area contributed by atoms with Gasteiger partial charge in [-0.05, 0) is 48.9 Å². The van der Waals surface area contributed by atoms with Crippen molar-refractivity contribution in [3.63, 3.8) is 0 Å². The van der Waals surface area contributed by atoms with Gasteiger partial charge in [0.05, 0.1) is 7.11 Å². The predicted molar refractivity (Wildman–Crippen MR) is 81.8 cm³/mol. The van der Waals surface area contributed by atoms with Crippen LogP contribution in [0, 0.1) is 6.92 Å². The third kappa shape index (κ3) is 3.65. The van der Waals surface area contributed by atoms with E-state index in [-0.39, 0.29) is 6.03 Å². The zero-order chi connectivity index (χ0) is 14.5. The van der Waals surface area contributed by atoms with Crippen molar-refractivity contribution in [3.05, 3.63) is 53.1 Å². The number of hydrogen-bond donors (Lipinski definition) is 2. The summed E-state index contributed by atoms with van der Waals surface area (Å²) in [6.45, 7) is 1.91. The summed E-state index contributed by atoms with van der Waals surface area (Å²) in [6, 6.07) is 12.1. The maximum Gasteiger partial charge on any atom is 0.323 e. The molecule has 4 nitrogen and oxygen atoms in total. The lowest BCUT2D eigenvalue weighted by Gasteiger charge is -2.09. The highest BCUT2D eigenvalue weighted by Gasteiger charge is 2.04. The van der Waals surface area contributed by atoms with Gasteiger partial charge in [-0.15, -0.1) is 0 Å². The van der Waals surface area contributed by atoms with Gasteiger partial charge in [0.25, 0.3) is 0 Å². The minimum Gasteiger partial charge on any atom is -0.497 e. The van der Waals surface area contributed by atoms with Crippen molar-refractivity contribution in [2.45, 2.75) is 6.92 Å². The summed E-state index contributed by atoms with van der Waals surface area (Å²) in [6.07, 6.45) is 0. The number of halogens is 1. The molecule has 5 heteroatoms. The second-order valence-electron chi connectivity index (χ2n) is 4.27. The number of aryl methyl sites for hydroxylation is 1. The highest BCUT2D eigenvalue weighted by Crippen LogP contribution is 2.20. The zero-order valence-corrected chi connectivity index (χ0v) is 12.0. The number of rotatable bonds is 3. The standard InChI is InChI=1S/C15H15ClN2O2/c1-10-3-4-12(9-14(10)16)18-15(19)17-11-5-7-13(20-2)8-6-11/h3-9H,1-2H3,(H2,17,18,19). The fourth-order valence-corrected chi connectivity index (χ4v) is 1.82. The normalized spacial score (nSPS) is 9.95. The van der Waals surface area contributed by atoms with Crippen LogP contribution in [0.25, 0.3) is 0 Å². The molecule has 0 bridgehead atoms. The van der Waals surface area contributed by atoms with E-state index in [2.05, 4.69) is 10.6 Å². The summed E-state index contributed by atoms with van der Waals surface area (Å²) in [7, 11) is 1.59. The molecule has 0 radical (unpaired) electrons. The van der Waals surface area contributed by atoms with Gasteiger partial charge in [0.1, 0.15) is 5.75 Å². The summed E-state index contributed by atoms with van der Waals surface area (Å²) in [4.78, 5) is 11.8. The number of carbonyl (C=O) groups is 1. The molecule has 2 rings (SSSR count). The largest absolute Gasteiger partial charge is 0.497 e. The Hall–Kier alpha value is -2.20. The average molecular weight is 291 g/mol. The van der Waals surface area contributed by atoms with Crippen molar-refractivity contribution in [3.8, 4) is 5.75 Å². The Labute approximate surface area is 122 Å². The minimum absolute atomic E-state index is 0.324. The van der Waals surface area contributed by atoms with Gasteiger partial charge in [-0.25, -0.2) is 4.79 Å². The van der Waals surface area contributed by atoms with Crippen molar-refractivity contribution in [2.75, 3.05) is 17.7 Å². The number of hydrogen-bond acceptors (Lipinski definition) is 2. The maximum atomic E-state index is 11.8. The molecule has 0 aliphatic rings. The molecule has 0 aliphatic heterocycles. The molecule has 0 aliphatic carbocycles. The fourth-order valence-electron chi connectivity index (χ4n) is 1.64. The van der Waals surface area contributed by atoms with E-state index in [4.69, 9.17) is 16.3 Å². The van der Waals surface area contributed by atoms with E-state index < -0.39 is 0 Å². The van der Waals surface area contributed by atoms with Crippen molar-refractivity contribution < 1.29 is 9.53 Å². The predicted octanol–water partition coefficient (Wildman–Crippen LogP) is 4.30. The minimum atomic E-state index is -0.324. The van der Waals surface area contributed by atoms with E-state index in [9.17, 15) is 4.79 Å². The highest BCUT2D eigenvalue weighted by molar-refractivity contribution is 6.31. The summed E-state index contributed by atoms with van der Waals surface area (Å²) < 4.78 is 5.05. The lowest BCUT2D eigenvalue weighted by Crippen LogP contribution is -2.19. The van der Waals surface area contributed by atoms with Crippen LogP contribution in [-0.2, 0) is 0 Å². The summed E-state index contributed by atoms with van der Waals surface area (Å²) in [5.41, 5.74) is 2.29. The molecule has 0 atom stereocenters. The quantitative estimate of drug-likeness (QED) is 0.885. The molecule has 0 saturated carbocycles. The van der Waals surface area contributed by atoms with E-state index in [0.29, 0.717) is 16.4 Å². The summed E-state index contributed by atoms with van der Waals surface area (Å²) in [5, 5.41) is 6.07. The molecule has 0 spiro atoms. The van der Waals surface area contributed by atoms with E-state index in [0.717, 1.165) is 11.3 Å². The first-order valence-corrected chi connectivity index (χ1v) is 6.44. The number of carbonyl (C=O) groups excluding carboxylic acids is 1. The number of ether oxygens (including phenoxy) is 1. The number of benzene rings is 2. The Kier molecular flexibility index (Phi) is 4.48. The maximum absolute atomic E-state index is 11.8. The number of amides is 2. The SMILES string of the molecule is COc1ccc(NC(=O)Nc2ccc(C)c(Cl)c2)cc1. The van der Waals surface area contributed by atoms with E-state index >= 15 is 0 Å². The van der Waals surface area contributed by atoms with Crippen LogP contribution >= 0.6 is 11.6 Å². The first kappa shape index (κ1) is 14.2. The van der Waals surface area contributed by atoms with Crippen molar-refractivity contribution in [1.82, 2.24) is 0 Å². The number of nitrogens with one attached hydrogen (secondary N) is 2. The van der Waals surface area contributed by atoms with Gasteiger partial charge in [-0.3, -0.25) is 0 Å². The lowest BCUT2D eigenvalue weighted by molar-refractivity contribution is 0.262. The number of anilines is 2. The van der Waals surface area contributed by atoms with Crippen molar-refractivity contribution in [1.29, 1.82) is 0 Å². The lowest BCUT2D eigenvalue weighted by atomic mass is 10.2.